The average molecular weight is 210 g/mol. The number of aliphatic hydroxyl groups excluding tert-OH is 1. The fraction of sp³-hybridized carbons (Fsp3) is 0.750. The molecule has 0 aliphatic carbocycles. The molecular weight excluding hydrogens is 188 g/mol. The van der Waals surface area contributed by atoms with E-state index >= 15 is 0 Å². The van der Waals surface area contributed by atoms with Gasteiger partial charge in [-0.2, -0.15) is 5.10 Å². The molecule has 0 amide bonds. The zero-order chi connectivity index (χ0) is 11.6. The maximum absolute atomic E-state index is 9.66. The van der Waals surface area contributed by atoms with E-state index in [2.05, 4.69) is 18.9 Å². The van der Waals surface area contributed by atoms with Crippen molar-refractivity contribution in [2.75, 3.05) is 0 Å². The lowest BCUT2D eigenvalue weighted by atomic mass is 10.1. The van der Waals surface area contributed by atoms with Gasteiger partial charge in [0, 0.05) is 17.3 Å². The fourth-order valence-corrected chi connectivity index (χ4v) is 2.25. The first-order valence-corrected chi connectivity index (χ1v) is 5.72. The second kappa shape index (κ2) is 4.79. The Hall–Kier alpha value is -0.830. The van der Waals surface area contributed by atoms with E-state index < -0.39 is 6.10 Å². The Balaban J connectivity index is 3.06. The molecule has 2 atom stereocenters. The molecule has 1 N–H and O–H groups in total. The highest BCUT2D eigenvalue weighted by Gasteiger charge is 2.17. The van der Waals surface area contributed by atoms with Crippen molar-refractivity contribution in [2.45, 2.75) is 59.6 Å². The van der Waals surface area contributed by atoms with Crippen LogP contribution in [0.5, 0.6) is 0 Å². The van der Waals surface area contributed by atoms with Crippen molar-refractivity contribution in [1.29, 1.82) is 0 Å². The maximum atomic E-state index is 9.66. The van der Waals surface area contributed by atoms with Crippen molar-refractivity contribution < 1.29 is 5.11 Å². The number of hydrogen-bond acceptors (Lipinski definition) is 2. The molecule has 0 saturated carbocycles. The summed E-state index contributed by atoms with van der Waals surface area (Å²) < 4.78 is 2.04. The summed E-state index contributed by atoms with van der Waals surface area (Å²) in [6.07, 6.45) is 1.86. The highest BCUT2D eigenvalue weighted by atomic mass is 16.3. The van der Waals surface area contributed by atoms with Gasteiger partial charge in [0.25, 0.3) is 0 Å². The van der Waals surface area contributed by atoms with Crippen molar-refractivity contribution in [3.05, 3.63) is 17.0 Å². The molecule has 3 heteroatoms. The van der Waals surface area contributed by atoms with E-state index in [1.807, 2.05) is 18.5 Å². The molecule has 0 bridgehead atoms. The normalized spacial score (nSPS) is 15.3. The van der Waals surface area contributed by atoms with Crippen LogP contribution >= 0.6 is 0 Å². The number of aromatic nitrogens is 2. The number of hydrogen-bond donors (Lipinski definition) is 1. The van der Waals surface area contributed by atoms with Gasteiger partial charge < -0.3 is 5.11 Å². The van der Waals surface area contributed by atoms with Crippen LogP contribution in [0.3, 0.4) is 0 Å². The first-order chi connectivity index (χ1) is 6.99. The van der Waals surface area contributed by atoms with E-state index in [0.29, 0.717) is 6.04 Å². The molecule has 0 radical (unpaired) electrons. The van der Waals surface area contributed by atoms with E-state index in [1.165, 1.54) is 0 Å². The van der Waals surface area contributed by atoms with Crippen LogP contribution in [-0.4, -0.2) is 14.9 Å². The smallest absolute Gasteiger partial charge is 0.0797 e. The molecule has 0 saturated heterocycles. The first-order valence-electron chi connectivity index (χ1n) is 5.72. The van der Waals surface area contributed by atoms with Crippen LogP contribution in [0.4, 0.5) is 0 Å². The molecule has 0 fully saturated rings. The minimum Gasteiger partial charge on any atom is -0.389 e. The minimum atomic E-state index is -0.424. The standard InChI is InChI=1S/C12H22N2O/c1-6-7-8(2)14-10(4)12(11(5)15)9(3)13-14/h8,11,15H,6-7H2,1-5H3. The predicted molar refractivity (Wildman–Crippen MR) is 62.0 cm³/mol. The van der Waals surface area contributed by atoms with Crippen LogP contribution in [0.25, 0.3) is 0 Å². The summed E-state index contributed by atoms with van der Waals surface area (Å²) in [4.78, 5) is 0. The molecule has 0 spiro atoms. The lowest BCUT2D eigenvalue weighted by Crippen LogP contribution is -2.09. The molecule has 1 rings (SSSR count). The second-order valence-electron chi connectivity index (χ2n) is 4.34. The van der Waals surface area contributed by atoms with Crippen LogP contribution < -0.4 is 0 Å². The van der Waals surface area contributed by atoms with Crippen molar-refractivity contribution in [3.63, 3.8) is 0 Å². The van der Waals surface area contributed by atoms with Crippen molar-refractivity contribution >= 4 is 0 Å². The Labute approximate surface area is 92.1 Å². The molecule has 2 unspecified atom stereocenters. The summed E-state index contributed by atoms with van der Waals surface area (Å²) in [5.74, 6) is 0. The molecule has 0 aliphatic rings. The molecule has 3 nitrogen and oxygen atoms in total. The zero-order valence-corrected chi connectivity index (χ0v) is 10.4. The van der Waals surface area contributed by atoms with Gasteiger partial charge in [0.1, 0.15) is 0 Å². The molecule has 1 aromatic rings. The Morgan fingerprint density at radius 2 is 1.93 bits per heavy atom. The van der Waals surface area contributed by atoms with E-state index in [9.17, 15) is 5.11 Å². The van der Waals surface area contributed by atoms with Gasteiger partial charge in [0.2, 0.25) is 0 Å². The van der Waals surface area contributed by atoms with Gasteiger partial charge in [-0.3, -0.25) is 4.68 Å². The minimum absolute atomic E-state index is 0.418. The predicted octanol–water partition coefficient (Wildman–Crippen LogP) is 2.91. The van der Waals surface area contributed by atoms with Crippen molar-refractivity contribution in [3.8, 4) is 0 Å². The van der Waals surface area contributed by atoms with Gasteiger partial charge in [0.15, 0.2) is 0 Å². The zero-order valence-electron chi connectivity index (χ0n) is 10.4. The highest BCUT2D eigenvalue weighted by Crippen LogP contribution is 2.24. The van der Waals surface area contributed by atoms with Gasteiger partial charge in [0.05, 0.1) is 11.8 Å². The lowest BCUT2D eigenvalue weighted by Gasteiger charge is -2.13. The van der Waals surface area contributed by atoms with E-state index in [1.54, 1.807) is 6.92 Å². The molecule has 0 aliphatic heterocycles. The Morgan fingerprint density at radius 1 is 1.33 bits per heavy atom. The van der Waals surface area contributed by atoms with Gasteiger partial charge in [-0.15, -0.1) is 0 Å². The molecule has 1 heterocycles. The first kappa shape index (κ1) is 12.2. The number of aliphatic hydroxyl groups is 1. The Kier molecular flexibility index (Phi) is 3.91. The summed E-state index contributed by atoms with van der Waals surface area (Å²) in [5, 5.41) is 14.2. The average Bonchev–Trinajstić information content (AvgIpc) is 2.42. The summed E-state index contributed by atoms with van der Waals surface area (Å²) in [7, 11) is 0. The summed E-state index contributed by atoms with van der Waals surface area (Å²) in [6, 6.07) is 0.418. The topological polar surface area (TPSA) is 38.0 Å². The summed E-state index contributed by atoms with van der Waals surface area (Å²) >= 11 is 0. The van der Waals surface area contributed by atoms with Gasteiger partial charge in [-0.25, -0.2) is 0 Å². The maximum Gasteiger partial charge on any atom is 0.0797 e. The van der Waals surface area contributed by atoms with Crippen LogP contribution in [0.2, 0.25) is 0 Å². The van der Waals surface area contributed by atoms with E-state index in [4.69, 9.17) is 0 Å². The number of aryl methyl sites for hydroxylation is 1. The summed E-state index contributed by atoms with van der Waals surface area (Å²) in [6.45, 7) is 10.1. The largest absolute Gasteiger partial charge is 0.389 e. The van der Waals surface area contributed by atoms with Crippen LogP contribution in [-0.2, 0) is 0 Å². The molecule has 86 valence electrons. The van der Waals surface area contributed by atoms with E-state index in [0.717, 1.165) is 29.8 Å². The highest BCUT2D eigenvalue weighted by molar-refractivity contribution is 5.26. The van der Waals surface area contributed by atoms with Crippen molar-refractivity contribution in [2.24, 2.45) is 0 Å². The molecular formula is C12H22N2O. The van der Waals surface area contributed by atoms with Crippen LogP contribution in [0.1, 0.15) is 62.7 Å². The molecule has 1 aromatic heterocycles. The quantitative estimate of drug-likeness (QED) is 0.829. The molecule has 0 aromatic carbocycles. The third kappa shape index (κ3) is 2.40. The SMILES string of the molecule is CCCC(C)n1nc(C)c(C(C)O)c1C. The van der Waals surface area contributed by atoms with Gasteiger partial charge >= 0.3 is 0 Å². The number of rotatable bonds is 4. The lowest BCUT2D eigenvalue weighted by molar-refractivity contribution is 0.197. The third-order valence-corrected chi connectivity index (χ3v) is 2.92. The third-order valence-electron chi connectivity index (χ3n) is 2.92. The van der Waals surface area contributed by atoms with Gasteiger partial charge in [-0.1, -0.05) is 13.3 Å². The fourth-order valence-electron chi connectivity index (χ4n) is 2.25. The Bertz CT molecular complexity index is 329. The van der Waals surface area contributed by atoms with Crippen molar-refractivity contribution in [1.82, 2.24) is 9.78 Å². The molecule has 15 heavy (non-hydrogen) atoms. The van der Waals surface area contributed by atoms with Gasteiger partial charge in [-0.05, 0) is 34.1 Å². The monoisotopic (exact) mass is 210 g/mol. The van der Waals surface area contributed by atoms with Crippen LogP contribution in [0.15, 0.2) is 0 Å². The Morgan fingerprint density at radius 3 is 2.33 bits per heavy atom. The second-order valence-corrected chi connectivity index (χ2v) is 4.34. The van der Waals surface area contributed by atoms with E-state index in [-0.39, 0.29) is 0 Å². The van der Waals surface area contributed by atoms with Crippen LogP contribution in [0, 0.1) is 13.8 Å². The summed E-state index contributed by atoms with van der Waals surface area (Å²) in [5.41, 5.74) is 3.03. The number of nitrogens with zero attached hydrogens (tertiary/aromatic N) is 2.